The SMILES string of the molecule is CCNC(C)CCSc1nnnn1C1CC1. The second-order valence-electron chi connectivity index (χ2n) is 4.23. The van der Waals surface area contributed by atoms with Crippen molar-refractivity contribution in [1.82, 2.24) is 25.5 Å². The van der Waals surface area contributed by atoms with Gasteiger partial charge in [-0.15, -0.1) is 5.10 Å². The molecule has 1 aromatic rings. The summed E-state index contributed by atoms with van der Waals surface area (Å²) in [7, 11) is 0. The molecule has 1 fully saturated rings. The Labute approximate surface area is 100 Å². The third kappa shape index (κ3) is 3.18. The minimum Gasteiger partial charge on any atom is -0.315 e. The molecule has 0 radical (unpaired) electrons. The van der Waals surface area contributed by atoms with E-state index in [4.69, 9.17) is 0 Å². The van der Waals surface area contributed by atoms with Crippen molar-refractivity contribution >= 4 is 11.8 Å². The maximum atomic E-state index is 4.06. The standard InChI is InChI=1S/C10H19N5S/c1-3-11-8(2)6-7-16-10-12-13-14-15(10)9-4-5-9/h8-9,11H,3-7H2,1-2H3. The van der Waals surface area contributed by atoms with Crippen molar-refractivity contribution in [2.75, 3.05) is 12.3 Å². The molecule has 1 aromatic heterocycles. The number of rotatable bonds is 7. The summed E-state index contributed by atoms with van der Waals surface area (Å²) in [5.74, 6) is 1.07. The van der Waals surface area contributed by atoms with Crippen molar-refractivity contribution in [1.29, 1.82) is 0 Å². The second-order valence-corrected chi connectivity index (χ2v) is 5.30. The summed E-state index contributed by atoms with van der Waals surface area (Å²) in [6, 6.07) is 1.14. The summed E-state index contributed by atoms with van der Waals surface area (Å²) in [4.78, 5) is 0. The fraction of sp³-hybridized carbons (Fsp3) is 0.900. The average molecular weight is 241 g/mol. The largest absolute Gasteiger partial charge is 0.315 e. The third-order valence-electron chi connectivity index (χ3n) is 2.69. The minimum atomic E-state index is 0.572. The van der Waals surface area contributed by atoms with Crippen molar-refractivity contribution < 1.29 is 0 Å². The summed E-state index contributed by atoms with van der Waals surface area (Å²) < 4.78 is 1.97. The van der Waals surface area contributed by atoms with Crippen molar-refractivity contribution in [3.63, 3.8) is 0 Å². The molecule has 0 amide bonds. The Kier molecular flexibility index (Phi) is 4.17. The van der Waals surface area contributed by atoms with Gasteiger partial charge < -0.3 is 5.32 Å². The van der Waals surface area contributed by atoms with Gasteiger partial charge in [0, 0.05) is 11.8 Å². The molecule has 0 spiro atoms. The van der Waals surface area contributed by atoms with Crippen LogP contribution in [0, 0.1) is 0 Å². The Hall–Kier alpha value is -0.620. The van der Waals surface area contributed by atoms with Crippen LogP contribution in [0.5, 0.6) is 0 Å². The molecular formula is C10H19N5S. The van der Waals surface area contributed by atoms with E-state index in [0.29, 0.717) is 12.1 Å². The summed E-state index contributed by atoms with van der Waals surface area (Å²) in [6.45, 7) is 5.39. The molecule has 1 heterocycles. The first-order chi connectivity index (χ1) is 7.81. The molecule has 1 aliphatic carbocycles. The summed E-state index contributed by atoms with van der Waals surface area (Å²) in [6.07, 6.45) is 3.61. The Bertz CT molecular complexity index is 323. The quantitative estimate of drug-likeness (QED) is 0.733. The molecule has 5 nitrogen and oxygen atoms in total. The maximum absolute atomic E-state index is 4.06. The summed E-state index contributed by atoms with van der Waals surface area (Å²) in [5, 5.41) is 16.2. The van der Waals surface area contributed by atoms with E-state index in [9.17, 15) is 0 Å². The highest BCUT2D eigenvalue weighted by molar-refractivity contribution is 7.99. The molecule has 2 rings (SSSR count). The highest BCUT2D eigenvalue weighted by atomic mass is 32.2. The molecule has 0 aliphatic heterocycles. The van der Waals surface area contributed by atoms with Crippen molar-refractivity contribution in [2.45, 2.75) is 50.4 Å². The average Bonchev–Trinajstić information content (AvgIpc) is 3.00. The number of thioether (sulfide) groups is 1. The van der Waals surface area contributed by atoms with E-state index in [1.54, 1.807) is 11.8 Å². The van der Waals surface area contributed by atoms with Crippen molar-refractivity contribution in [3.05, 3.63) is 0 Å². The zero-order valence-electron chi connectivity index (χ0n) is 9.89. The lowest BCUT2D eigenvalue weighted by atomic mass is 10.3. The molecule has 6 heteroatoms. The van der Waals surface area contributed by atoms with Crippen LogP contribution < -0.4 is 5.32 Å². The predicted molar refractivity (Wildman–Crippen MR) is 64.6 cm³/mol. The van der Waals surface area contributed by atoms with Gasteiger partial charge in [-0.1, -0.05) is 18.7 Å². The molecule has 90 valence electrons. The van der Waals surface area contributed by atoms with E-state index in [1.165, 1.54) is 12.8 Å². The predicted octanol–water partition coefficient (Wildman–Crippen LogP) is 1.49. The van der Waals surface area contributed by atoms with Gasteiger partial charge in [0.2, 0.25) is 5.16 Å². The van der Waals surface area contributed by atoms with Crippen LogP contribution in [-0.4, -0.2) is 38.5 Å². The summed E-state index contributed by atoms with van der Waals surface area (Å²) in [5.41, 5.74) is 0. The molecule has 0 aromatic carbocycles. The normalized spacial score (nSPS) is 17.6. The van der Waals surface area contributed by atoms with Gasteiger partial charge in [-0.05, 0) is 43.2 Å². The molecular weight excluding hydrogens is 222 g/mol. The van der Waals surface area contributed by atoms with Crippen molar-refractivity contribution in [2.24, 2.45) is 0 Å². The van der Waals surface area contributed by atoms with Gasteiger partial charge in [0.15, 0.2) is 0 Å². The Morgan fingerprint density at radius 1 is 1.56 bits per heavy atom. The highest BCUT2D eigenvalue weighted by Gasteiger charge is 2.27. The van der Waals surface area contributed by atoms with Crippen LogP contribution in [0.3, 0.4) is 0 Å². The number of nitrogens with zero attached hydrogens (tertiary/aromatic N) is 4. The van der Waals surface area contributed by atoms with Gasteiger partial charge in [0.1, 0.15) is 0 Å². The first-order valence-electron chi connectivity index (χ1n) is 5.95. The maximum Gasteiger partial charge on any atom is 0.209 e. The van der Waals surface area contributed by atoms with Crippen LogP contribution in [-0.2, 0) is 0 Å². The Morgan fingerprint density at radius 3 is 3.06 bits per heavy atom. The lowest BCUT2D eigenvalue weighted by Crippen LogP contribution is -2.25. The van der Waals surface area contributed by atoms with Gasteiger partial charge in [-0.2, -0.15) is 0 Å². The second kappa shape index (κ2) is 5.63. The van der Waals surface area contributed by atoms with E-state index in [0.717, 1.165) is 23.9 Å². The van der Waals surface area contributed by atoms with Crippen LogP contribution in [0.15, 0.2) is 5.16 Å². The molecule has 1 unspecified atom stereocenters. The van der Waals surface area contributed by atoms with E-state index >= 15 is 0 Å². The molecule has 0 saturated heterocycles. The molecule has 1 N–H and O–H groups in total. The monoisotopic (exact) mass is 241 g/mol. The topological polar surface area (TPSA) is 55.6 Å². The zero-order valence-corrected chi connectivity index (χ0v) is 10.7. The lowest BCUT2D eigenvalue weighted by molar-refractivity contribution is 0.552. The molecule has 1 aliphatic rings. The number of aromatic nitrogens is 4. The van der Waals surface area contributed by atoms with Gasteiger partial charge >= 0.3 is 0 Å². The zero-order chi connectivity index (χ0) is 11.4. The highest BCUT2D eigenvalue weighted by Crippen LogP contribution is 2.36. The van der Waals surface area contributed by atoms with Crippen LogP contribution >= 0.6 is 11.8 Å². The fourth-order valence-corrected chi connectivity index (χ4v) is 2.67. The first kappa shape index (κ1) is 11.9. The number of nitrogens with one attached hydrogen (secondary N) is 1. The van der Waals surface area contributed by atoms with Crippen molar-refractivity contribution in [3.8, 4) is 0 Å². The number of tetrazole rings is 1. The molecule has 1 atom stereocenters. The van der Waals surface area contributed by atoms with E-state index in [1.807, 2.05) is 4.68 Å². The van der Waals surface area contributed by atoms with Crippen LogP contribution in [0.25, 0.3) is 0 Å². The molecule has 16 heavy (non-hydrogen) atoms. The number of hydrogen-bond donors (Lipinski definition) is 1. The lowest BCUT2D eigenvalue weighted by Gasteiger charge is -2.10. The molecule has 0 bridgehead atoms. The van der Waals surface area contributed by atoms with Crippen LogP contribution in [0.4, 0.5) is 0 Å². The van der Waals surface area contributed by atoms with E-state index < -0.39 is 0 Å². The van der Waals surface area contributed by atoms with Gasteiger partial charge in [0.05, 0.1) is 6.04 Å². The van der Waals surface area contributed by atoms with Crippen LogP contribution in [0.1, 0.15) is 39.2 Å². The Balaban J connectivity index is 1.74. The molecule has 1 saturated carbocycles. The smallest absolute Gasteiger partial charge is 0.209 e. The van der Waals surface area contributed by atoms with Gasteiger partial charge in [-0.25, -0.2) is 4.68 Å². The Morgan fingerprint density at radius 2 is 2.38 bits per heavy atom. The van der Waals surface area contributed by atoms with E-state index in [-0.39, 0.29) is 0 Å². The first-order valence-corrected chi connectivity index (χ1v) is 6.94. The number of hydrogen-bond acceptors (Lipinski definition) is 5. The third-order valence-corrected chi connectivity index (χ3v) is 3.66. The van der Waals surface area contributed by atoms with Gasteiger partial charge in [-0.3, -0.25) is 0 Å². The van der Waals surface area contributed by atoms with E-state index in [2.05, 4.69) is 34.7 Å². The van der Waals surface area contributed by atoms with Gasteiger partial charge in [0.25, 0.3) is 0 Å². The minimum absolute atomic E-state index is 0.572. The summed E-state index contributed by atoms with van der Waals surface area (Å²) >= 11 is 1.76. The van der Waals surface area contributed by atoms with Crippen LogP contribution in [0.2, 0.25) is 0 Å². The fourth-order valence-electron chi connectivity index (χ4n) is 1.61.